The number of rotatable bonds is 9. The lowest BCUT2D eigenvalue weighted by Gasteiger charge is -2.20. The van der Waals surface area contributed by atoms with Crippen molar-refractivity contribution in [3.63, 3.8) is 0 Å². The van der Waals surface area contributed by atoms with Crippen molar-refractivity contribution in [3.8, 4) is 0 Å². The van der Waals surface area contributed by atoms with E-state index in [1.807, 2.05) is 13.8 Å². The van der Waals surface area contributed by atoms with Crippen molar-refractivity contribution in [2.75, 3.05) is 13.2 Å². The standard InChI is InChI=1S/C18H24N2O5/c1-12(2)9-24-11-15(16-5-4-7-25-16)20-17(21)13(3)19-18(22)14-6-8-23-10-14/h4-8,10,12-13,15H,9,11H2,1-3H3,(H,19,22)(H,20,21)/t13-,15-/m1/s1. The molecule has 0 aliphatic heterocycles. The van der Waals surface area contributed by atoms with Crippen molar-refractivity contribution in [1.82, 2.24) is 10.6 Å². The van der Waals surface area contributed by atoms with Crippen LogP contribution in [0.2, 0.25) is 0 Å². The van der Waals surface area contributed by atoms with Gasteiger partial charge < -0.3 is 24.2 Å². The van der Waals surface area contributed by atoms with Crippen LogP contribution >= 0.6 is 0 Å². The van der Waals surface area contributed by atoms with Crippen LogP contribution in [0.3, 0.4) is 0 Å². The first-order chi connectivity index (χ1) is 12.0. The summed E-state index contributed by atoms with van der Waals surface area (Å²) in [5.41, 5.74) is 0.363. The third-order valence-electron chi connectivity index (χ3n) is 3.46. The van der Waals surface area contributed by atoms with Gasteiger partial charge in [0.2, 0.25) is 5.91 Å². The van der Waals surface area contributed by atoms with E-state index in [-0.39, 0.29) is 11.8 Å². The Labute approximate surface area is 146 Å². The number of hydrogen-bond donors (Lipinski definition) is 2. The van der Waals surface area contributed by atoms with E-state index in [2.05, 4.69) is 10.6 Å². The molecule has 0 fully saturated rings. The molecule has 0 spiro atoms. The number of nitrogens with one attached hydrogen (secondary N) is 2. The maximum atomic E-state index is 12.4. The molecule has 2 aromatic heterocycles. The van der Waals surface area contributed by atoms with Crippen molar-refractivity contribution in [2.45, 2.75) is 32.9 Å². The highest BCUT2D eigenvalue weighted by Gasteiger charge is 2.23. The van der Waals surface area contributed by atoms with Crippen LogP contribution in [0.15, 0.2) is 45.8 Å². The Morgan fingerprint density at radius 2 is 1.92 bits per heavy atom. The zero-order valence-electron chi connectivity index (χ0n) is 14.7. The summed E-state index contributed by atoms with van der Waals surface area (Å²) in [6.45, 7) is 6.59. The number of furan rings is 2. The number of carbonyl (C=O) groups excluding carboxylic acids is 2. The first-order valence-corrected chi connectivity index (χ1v) is 8.22. The molecular formula is C18H24N2O5. The third-order valence-corrected chi connectivity index (χ3v) is 3.46. The van der Waals surface area contributed by atoms with Gasteiger partial charge in [-0.2, -0.15) is 0 Å². The summed E-state index contributed by atoms with van der Waals surface area (Å²) >= 11 is 0. The lowest BCUT2D eigenvalue weighted by Crippen LogP contribution is -2.46. The maximum absolute atomic E-state index is 12.4. The summed E-state index contributed by atoms with van der Waals surface area (Å²) in [6.07, 6.45) is 4.27. The zero-order valence-corrected chi connectivity index (χ0v) is 14.7. The molecule has 0 bridgehead atoms. The molecule has 2 heterocycles. The molecule has 2 aromatic rings. The molecule has 0 aliphatic rings. The first kappa shape index (κ1) is 18.8. The third kappa shape index (κ3) is 5.79. The van der Waals surface area contributed by atoms with Crippen LogP contribution in [-0.4, -0.2) is 31.1 Å². The zero-order chi connectivity index (χ0) is 18.2. The SMILES string of the molecule is CC(C)COC[C@@H](NC(=O)[C@@H](C)NC(=O)c1ccoc1)c1ccco1. The molecule has 2 amide bonds. The van der Waals surface area contributed by atoms with Crippen LogP contribution in [0.25, 0.3) is 0 Å². The lowest BCUT2D eigenvalue weighted by atomic mass is 10.2. The summed E-state index contributed by atoms with van der Waals surface area (Å²) in [6, 6.07) is 3.92. The second-order valence-corrected chi connectivity index (χ2v) is 6.22. The van der Waals surface area contributed by atoms with Crippen molar-refractivity contribution in [2.24, 2.45) is 5.92 Å². The smallest absolute Gasteiger partial charge is 0.255 e. The number of carbonyl (C=O) groups is 2. The van der Waals surface area contributed by atoms with Gasteiger partial charge in [-0.25, -0.2) is 0 Å². The monoisotopic (exact) mass is 348 g/mol. The van der Waals surface area contributed by atoms with E-state index in [1.54, 1.807) is 25.3 Å². The van der Waals surface area contributed by atoms with Gasteiger partial charge in [-0.1, -0.05) is 13.8 Å². The molecule has 0 aromatic carbocycles. The Balaban J connectivity index is 1.92. The van der Waals surface area contributed by atoms with Gasteiger partial charge in [-0.15, -0.1) is 0 Å². The minimum atomic E-state index is -0.718. The Hall–Kier alpha value is -2.54. The number of hydrogen-bond acceptors (Lipinski definition) is 5. The molecule has 0 radical (unpaired) electrons. The minimum Gasteiger partial charge on any atom is -0.472 e. The number of amides is 2. The summed E-state index contributed by atoms with van der Waals surface area (Å²) < 4.78 is 15.9. The van der Waals surface area contributed by atoms with E-state index >= 15 is 0 Å². The van der Waals surface area contributed by atoms with Gasteiger partial charge in [0.05, 0.1) is 24.7 Å². The predicted molar refractivity (Wildman–Crippen MR) is 90.9 cm³/mol. The van der Waals surface area contributed by atoms with E-state index in [9.17, 15) is 9.59 Å². The Kier molecular flexibility index (Phi) is 6.82. The van der Waals surface area contributed by atoms with E-state index in [0.717, 1.165) is 0 Å². The molecule has 2 atom stereocenters. The van der Waals surface area contributed by atoms with Crippen molar-refractivity contribution < 1.29 is 23.2 Å². The second kappa shape index (κ2) is 9.08. The highest BCUT2D eigenvalue weighted by molar-refractivity contribution is 5.97. The van der Waals surface area contributed by atoms with E-state index < -0.39 is 12.1 Å². The van der Waals surface area contributed by atoms with Gasteiger partial charge in [0.1, 0.15) is 24.1 Å². The molecule has 7 nitrogen and oxygen atoms in total. The fraction of sp³-hybridized carbons (Fsp3) is 0.444. The average molecular weight is 348 g/mol. The summed E-state index contributed by atoms with van der Waals surface area (Å²) in [5, 5.41) is 5.47. The van der Waals surface area contributed by atoms with E-state index in [1.165, 1.54) is 18.6 Å². The fourth-order valence-electron chi connectivity index (χ4n) is 2.14. The van der Waals surface area contributed by atoms with Crippen LogP contribution in [0.1, 0.15) is 42.9 Å². The summed E-state index contributed by atoms with van der Waals surface area (Å²) in [7, 11) is 0. The lowest BCUT2D eigenvalue weighted by molar-refractivity contribution is -0.124. The van der Waals surface area contributed by atoms with Gasteiger partial charge in [-0.05, 0) is 31.0 Å². The van der Waals surface area contributed by atoms with Crippen LogP contribution in [0.4, 0.5) is 0 Å². The Morgan fingerprint density at radius 3 is 2.52 bits per heavy atom. The topological polar surface area (TPSA) is 93.7 Å². The van der Waals surface area contributed by atoms with Crippen molar-refractivity contribution >= 4 is 11.8 Å². The average Bonchev–Trinajstić information content (AvgIpc) is 3.26. The van der Waals surface area contributed by atoms with Crippen LogP contribution in [0.5, 0.6) is 0 Å². The van der Waals surface area contributed by atoms with Crippen molar-refractivity contribution in [3.05, 3.63) is 48.3 Å². The highest BCUT2D eigenvalue weighted by atomic mass is 16.5. The molecule has 136 valence electrons. The molecule has 0 unspecified atom stereocenters. The normalized spacial score (nSPS) is 13.4. The van der Waals surface area contributed by atoms with E-state index in [0.29, 0.717) is 30.5 Å². The number of ether oxygens (including phenoxy) is 1. The summed E-state index contributed by atoms with van der Waals surface area (Å²) in [4.78, 5) is 24.4. The van der Waals surface area contributed by atoms with Gasteiger partial charge in [0.25, 0.3) is 5.91 Å². The van der Waals surface area contributed by atoms with Gasteiger partial charge in [-0.3, -0.25) is 9.59 Å². The molecule has 2 N–H and O–H groups in total. The van der Waals surface area contributed by atoms with Gasteiger partial charge >= 0.3 is 0 Å². The first-order valence-electron chi connectivity index (χ1n) is 8.22. The molecular weight excluding hydrogens is 324 g/mol. The molecule has 0 saturated heterocycles. The molecule has 0 aliphatic carbocycles. The molecule has 7 heteroatoms. The van der Waals surface area contributed by atoms with E-state index in [4.69, 9.17) is 13.6 Å². The quantitative estimate of drug-likeness (QED) is 0.726. The van der Waals surface area contributed by atoms with Gasteiger partial charge in [0, 0.05) is 6.61 Å². The van der Waals surface area contributed by atoms with Crippen LogP contribution in [0, 0.1) is 5.92 Å². The van der Waals surface area contributed by atoms with Gasteiger partial charge in [0.15, 0.2) is 0 Å². The second-order valence-electron chi connectivity index (χ2n) is 6.22. The van der Waals surface area contributed by atoms with Crippen LogP contribution in [-0.2, 0) is 9.53 Å². The van der Waals surface area contributed by atoms with Crippen molar-refractivity contribution in [1.29, 1.82) is 0 Å². The molecule has 0 saturated carbocycles. The maximum Gasteiger partial charge on any atom is 0.255 e. The summed E-state index contributed by atoms with van der Waals surface area (Å²) in [5.74, 6) is 0.292. The van der Waals surface area contributed by atoms with Crippen LogP contribution < -0.4 is 10.6 Å². The Morgan fingerprint density at radius 1 is 1.12 bits per heavy atom. The fourth-order valence-corrected chi connectivity index (χ4v) is 2.14. The highest BCUT2D eigenvalue weighted by Crippen LogP contribution is 2.15. The molecule has 25 heavy (non-hydrogen) atoms. The largest absolute Gasteiger partial charge is 0.472 e. The predicted octanol–water partition coefficient (Wildman–Crippen LogP) is 2.52. The Bertz CT molecular complexity index is 649. The minimum absolute atomic E-state index is 0.291. The molecule has 2 rings (SSSR count).